The van der Waals surface area contributed by atoms with Gasteiger partial charge in [0.15, 0.2) is 0 Å². The van der Waals surface area contributed by atoms with Gasteiger partial charge in [-0.1, -0.05) is 27.7 Å². The van der Waals surface area contributed by atoms with Crippen molar-refractivity contribution in [1.29, 1.82) is 0 Å². The Morgan fingerprint density at radius 3 is 1.87 bits per heavy atom. The van der Waals surface area contributed by atoms with E-state index in [1.54, 1.807) is 0 Å². The van der Waals surface area contributed by atoms with E-state index >= 15 is 0 Å². The van der Waals surface area contributed by atoms with Gasteiger partial charge in [-0.25, -0.2) is 0 Å². The summed E-state index contributed by atoms with van der Waals surface area (Å²) in [7, 11) is 0. The fraction of sp³-hybridized carbons (Fsp3) is 0.917. The average Bonchev–Trinajstić information content (AvgIpc) is 2.10. The number of rotatable bonds is 5. The maximum atomic E-state index is 12.1. The van der Waals surface area contributed by atoms with Gasteiger partial charge in [-0.3, -0.25) is 4.79 Å². The van der Waals surface area contributed by atoms with Crippen molar-refractivity contribution in [2.75, 3.05) is 6.54 Å². The zero-order valence-electron chi connectivity index (χ0n) is 10.9. The molecular formula is C12H26N2O. The second kappa shape index (κ2) is 6.11. The molecule has 0 aromatic carbocycles. The third kappa shape index (κ3) is 4.65. The van der Waals surface area contributed by atoms with Crippen molar-refractivity contribution >= 4 is 5.91 Å². The van der Waals surface area contributed by atoms with E-state index in [1.165, 1.54) is 0 Å². The second-order valence-corrected chi connectivity index (χ2v) is 5.25. The topological polar surface area (TPSA) is 46.3 Å². The van der Waals surface area contributed by atoms with Crippen LogP contribution >= 0.6 is 0 Å². The van der Waals surface area contributed by atoms with Crippen LogP contribution in [0.25, 0.3) is 0 Å². The Morgan fingerprint density at radius 2 is 1.60 bits per heavy atom. The lowest BCUT2D eigenvalue weighted by molar-refractivity contribution is -0.135. The molecule has 3 heteroatoms. The largest absolute Gasteiger partial charge is 0.339 e. The van der Waals surface area contributed by atoms with Crippen LogP contribution in [-0.4, -0.2) is 29.4 Å². The Bertz CT molecular complexity index is 200. The third-order valence-corrected chi connectivity index (χ3v) is 2.47. The van der Waals surface area contributed by atoms with Gasteiger partial charge in [0, 0.05) is 12.6 Å². The summed E-state index contributed by atoms with van der Waals surface area (Å²) in [6.07, 6.45) is 0. The van der Waals surface area contributed by atoms with Gasteiger partial charge >= 0.3 is 0 Å². The molecule has 1 amide bonds. The van der Waals surface area contributed by atoms with Crippen LogP contribution in [0.5, 0.6) is 0 Å². The number of hydrogen-bond donors (Lipinski definition) is 1. The third-order valence-electron chi connectivity index (χ3n) is 2.47. The molecular weight excluding hydrogens is 188 g/mol. The highest BCUT2D eigenvalue weighted by Crippen LogP contribution is 2.09. The number of carbonyl (C=O) groups excluding carboxylic acids is 1. The van der Waals surface area contributed by atoms with Crippen LogP contribution in [0.2, 0.25) is 0 Å². The minimum absolute atomic E-state index is 0.0775. The summed E-state index contributed by atoms with van der Waals surface area (Å²) in [6, 6.07) is -0.143. The lowest BCUT2D eigenvalue weighted by Gasteiger charge is -2.32. The lowest BCUT2D eigenvalue weighted by Crippen LogP contribution is -2.50. The molecule has 3 nitrogen and oxygen atoms in total. The molecule has 0 unspecified atom stereocenters. The van der Waals surface area contributed by atoms with Crippen molar-refractivity contribution in [3.05, 3.63) is 0 Å². The number of hydrogen-bond acceptors (Lipinski definition) is 2. The van der Waals surface area contributed by atoms with E-state index in [0.717, 1.165) is 6.54 Å². The monoisotopic (exact) mass is 214 g/mol. The van der Waals surface area contributed by atoms with E-state index in [4.69, 9.17) is 5.73 Å². The maximum absolute atomic E-state index is 12.1. The molecule has 0 fully saturated rings. The molecule has 0 heterocycles. The van der Waals surface area contributed by atoms with Gasteiger partial charge in [-0.2, -0.15) is 0 Å². The van der Waals surface area contributed by atoms with E-state index in [9.17, 15) is 4.79 Å². The summed E-state index contributed by atoms with van der Waals surface area (Å²) >= 11 is 0. The van der Waals surface area contributed by atoms with Crippen molar-refractivity contribution in [2.24, 2.45) is 17.6 Å². The Kier molecular flexibility index (Phi) is 5.88. The Balaban J connectivity index is 4.55. The molecule has 90 valence electrons. The summed E-state index contributed by atoms with van der Waals surface area (Å²) in [5.74, 6) is 0.760. The van der Waals surface area contributed by atoms with Gasteiger partial charge in [0.2, 0.25) is 5.91 Å². The van der Waals surface area contributed by atoms with Gasteiger partial charge in [0.05, 0.1) is 6.04 Å². The zero-order chi connectivity index (χ0) is 12.2. The van der Waals surface area contributed by atoms with E-state index in [0.29, 0.717) is 5.92 Å². The van der Waals surface area contributed by atoms with Crippen molar-refractivity contribution in [3.63, 3.8) is 0 Å². The van der Waals surface area contributed by atoms with Crippen LogP contribution in [0.1, 0.15) is 41.5 Å². The molecule has 0 aliphatic heterocycles. The predicted molar refractivity (Wildman–Crippen MR) is 64.5 cm³/mol. The van der Waals surface area contributed by atoms with Gasteiger partial charge in [0.1, 0.15) is 0 Å². The number of amides is 1. The Hall–Kier alpha value is -0.570. The van der Waals surface area contributed by atoms with Crippen LogP contribution in [-0.2, 0) is 4.79 Å². The smallest absolute Gasteiger partial charge is 0.239 e. The maximum Gasteiger partial charge on any atom is 0.239 e. The zero-order valence-corrected chi connectivity index (χ0v) is 10.9. The molecule has 0 bridgehead atoms. The molecule has 0 saturated carbocycles. The summed E-state index contributed by atoms with van der Waals surface area (Å²) in [5.41, 5.74) is 5.88. The van der Waals surface area contributed by atoms with Crippen molar-refractivity contribution in [2.45, 2.75) is 53.6 Å². The molecule has 0 rings (SSSR count). The minimum atomic E-state index is -0.369. The van der Waals surface area contributed by atoms with E-state index < -0.39 is 0 Å². The van der Waals surface area contributed by atoms with Crippen molar-refractivity contribution < 1.29 is 4.79 Å². The van der Waals surface area contributed by atoms with Crippen LogP contribution in [0.15, 0.2) is 0 Å². The SMILES string of the molecule is CC(C)CN(C(=O)[C@@H](N)C(C)C)C(C)C. The highest BCUT2D eigenvalue weighted by atomic mass is 16.2. The minimum Gasteiger partial charge on any atom is -0.339 e. The summed E-state index contributed by atoms with van der Waals surface area (Å²) < 4.78 is 0. The fourth-order valence-corrected chi connectivity index (χ4v) is 1.43. The highest BCUT2D eigenvalue weighted by molar-refractivity contribution is 5.82. The van der Waals surface area contributed by atoms with Crippen molar-refractivity contribution in [1.82, 2.24) is 4.90 Å². The van der Waals surface area contributed by atoms with E-state index in [1.807, 2.05) is 32.6 Å². The van der Waals surface area contributed by atoms with Gasteiger partial charge in [-0.15, -0.1) is 0 Å². The predicted octanol–water partition coefficient (Wildman–Crippen LogP) is 1.86. The molecule has 15 heavy (non-hydrogen) atoms. The Labute approximate surface area is 94.0 Å². The number of carbonyl (C=O) groups is 1. The molecule has 0 saturated heterocycles. The molecule has 0 aliphatic carbocycles. The van der Waals surface area contributed by atoms with Gasteiger partial charge in [0.25, 0.3) is 0 Å². The lowest BCUT2D eigenvalue weighted by atomic mass is 10.0. The molecule has 0 spiro atoms. The van der Waals surface area contributed by atoms with Crippen LogP contribution in [0.4, 0.5) is 0 Å². The second-order valence-electron chi connectivity index (χ2n) is 5.25. The number of nitrogens with two attached hydrogens (primary N) is 1. The van der Waals surface area contributed by atoms with Gasteiger partial charge < -0.3 is 10.6 Å². The first kappa shape index (κ1) is 14.4. The summed E-state index contributed by atoms with van der Waals surface area (Å²) in [6.45, 7) is 13.1. The molecule has 0 aromatic rings. The van der Waals surface area contributed by atoms with E-state index in [-0.39, 0.29) is 23.9 Å². The Morgan fingerprint density at radius 1 is 1.13 bits per heavy atom. The highest BCUT2D eigenvalue weighted by Gasteiger charge is 2.25. The van der Waals surface area contributed by atoms with Crippen LogP contribution < -0.4 is 5.73 Å². The van der Waals surface area contributed by atoms with Crippen LogP contribution in [0.3, 0.4) is 0 Å². The summed E-state index contributed by atoms with van der Waals surface area (Å²) in [4.78, 5) is 13.9. The summed E-state index contributed by atoms with van der Waals surface area (Å²) in [5, 5.41) is 0. The molecule has 0 aromatic heterocycles. The molecule has 0 aliphatic rings. The average molecular weight is 214 g/mol. The van der Waals surface area contributed by atoms with Crippen molar-refractivity contribution in [3.8, 4) is 0 Å². The normalized spacial score (nSPS) is 13.7. The molecule has 2 N–H and O–H groups in total. The van der Waals surface area contributed by atoms with Gasteiger partial charge in [-0.05, 0) is 25.7 Å². The van der Waals surface area contributed by atoms with Crippen LogP contribution in [0, 0.1) is 11.8 Å². The first-order valence-electron chi connectivity index (χ1n) is 5.83. The first-order valence-corrected chi connectivity index (χ1v) is 5.83. The molecule has 1 atom stereocenters. The fourth-order valence-electron chi connectivity index (χ4n) is 1.43. The molecule has 0 radical (unpaired) electrons. The van der Waals surface area contributed by atoms with E-state index in [2.05, 4.69) is 13.8 Å². The first-order chi connectivity index (χ1) is 6.77. The quantitative estimate of drug-likeness (QED) is 0.759. The number of nitrogens with zero attached hydrogens (tertiary/aromatic N) is 1. The standard InChI is InChI=1S/C12H26N2O/c1-8(2)7-14(10(5)6)12(15)11(13)9(3)4/h8-11H,7,13H2,1-6H3/t11-/m0/s1.